The Bertz CT molecular complexity index is 1070. The number of aromatic hydroxyl groups is 1. The van der Waals surface area contributed by atoms with Gasteiger partial charge in [-0.05, 0) is 51.3 Å². The van der Waals surface area contributed by atoms with Crippen molar-refractivity contribution in [3.63, 3.8) is 0 Å². The zero-order valence-electron chi connectivity index (χ0n) is 17.8. The number of benzene rings is 1. The van der Waals surface area contributed by atoms with Gasteiger partial charge in [-0.15, -0.1) is 0 Å². The first-order chi connectivity index (χ1) is 14.5. The number of hydrogen-bond acceptors (Lipinski definition) is 5. The summed E-state index contributed by atoms with van der Waals surface area (Å²) >= 11 is 0. The Labute approximate surface area is 176 Å². The zero-order chi connectivity index (χ0) is 21.3. The van der Waals surface area contributed by atoms with E-state index in [4.69, 9.17) is 4.99 Å². The van der Waals surface area contributed by atoms with Gasteiger partial charge in [0, 0.05) is 35.6 Å². The van der Waals surface area contributed by atoms with Crippen LogP contribution in [-0.2, 0) is 0 Å². The first-order valence-corrected chi connectivity index (χ1v) is 10.7. The number of rotatable bonds is 6. The number of carbonyl (C=O) groups excluding carboxylic acids is 1. The van der Waals surface area contributed by atoms with E-state index >= 15 is 0 Å². The van der Waals surface area contributed by atoms with E-state index in [0.717, 1.165) is 54.5 Å². The first kappa shape index (κ1) is 20.3. The van der Waals surface area contributed by atoms with Gasteiger partial charge in [-0.1, -0.05) is 6.92 Å². The molecule has 1 aromatic carbocycles. The average molecular weight is 408 g/mol. The lowest BCUT2D eigenvalue weighted by molar-refractivity contribution is 0.112. The van der Waals surface area contributed by atoms with E-state index in [1.54, 1.807) is 24.4 Å². The predicted octanol–water partition coefficient (Wildman–Crippen LogP) is 4.46. The maximum absolute atomic E-state index is 11.2. The van der Waals surface area contributed by atoms with Gasteiger partial charge in [0.25, 0.3) is 0 Å². The van der Waals surface area contributed by atoms with Crippen molar-refractivity contribution in [2.45, 2.75) is 52.1 Å². The van der Waals surface area contributed by atoms with Gasteiger partial charge in [-0.2, -0.15) is 5.10 Å². The molecule has 30 heavy (non-hydrogen) atoms. The van der Waals surface area contributed by atoms with Crippen molar-refractivity contribution in [3.8, 4) is 5.88 Å². The molecule has 2 aromatic heterocycles. The van der Waals surface area contributed by atoms with Gasteiger partial charge < -0.3 is 15.0 Å². The average Bonchev–Trinajstić information content (AvgIpc) is 3.35. The Morgan fingerprint density at radius 1 is 1.37 bits per heavy atom. The van der Waals surface area contributed by atoms with Crippen LogP contribution >= 0.6 is 0 Å². The summed E-state index contributed by atoms with van der Waals surface area (Å²) in [6, 6.07) is 6.29. The molecular formula is C23H29N5O2. The minimum absolute atomic E-state index is 0.0714. The predicted molar refractivity (Wildman–Crippen MR) is 119 cm³/mol. The normalized spacial score (nSPS) is 16.6. The van der Waals surface area contributed by atoms with Crippen LogP contribution in [0.4, 0.5) is 5.69 Å². The number of carbonyl (C=O) groups is 1. The number of H-pyrrole nitrogens is 1. The van der Waals surface area contributed by atoms with Crippen LogP contribution in [0.3, 0.4) is 0 Å². The molecule has 0 unspecified atom stereocenters. The quantitative estimate of drug-likeness (QED) is 0.467. The Morgan fingerprint density at radius 3 is 2.80 bits per heavy atom. The zero-order valence-corrected chi connectivity index (χ0v) is 17.8. The second kappa shape index (κ2) is 8.44. The number of fused-ring (bicyclic) bond motifs is 1. The number of aldehydes is 1. The molecule has 3 aromatic rings. The molecule has 0 atom stereocenters. The molecule has 4 rings (SSSR count). The molecule has 1 saturated heterocycles. The highest BCUT2D eigenvalue weighted by atomic mass is 16.3. The van der Waals surface area contributed by atoms with Crippen LogP contribution in [0.5, 0.6) is 5.88 Å². The molecule has 1 aliphatic heterocycles. The van der Waals surface area contributed by atoms with E-state index in [2.05, 4.69) is 28.8 Å². The minimum Gasteiger partial charge on any atom is -0.494 e. The summed E-state index contributed by atoms with van der Waals surface area (Å²) in [5, 5.41) is 15.9. The highest BCUT2D eigenvalue weighted by Crippen LogP contribution is 2.31. The van der Waals surface area contributed by atoms with Gasteiger partial charge in [-0.25, -0.2) is 4.99 Å². The van der Waals surface area contributed by atoms with Gasteiger partial charge >= 0.3 is 0 Å². The van der Waals surface area contributed by atoms with Crippen molar-refractivity contribution < 1.29 is 9.90 Å². The summed E-state index contributed by atoms with van der Waals surface area (Å²) in [5.41, 5.74) is 3.53. The Balaban J connectivity index is 1.61. The van der Waals surface area contributed by atoms with Crippen molar-refractivity contribution in [3.05, 3.63) is 41.7 Å². The van der Waals surface area contributed by atoms with Crippen molar-refractivity contribution >= 4 is 28.6 Å². The molecule has 0 bridgehead atoms. The molecule has 0 spiro atoms. The maximum atomic E-state index is 11.2. The summed E-state index contributed by atoms with van der Waals surface area (Å²) in [5.74, 6) is 0.0714. The molecule has 0 aliphatic carbocycles. The van der Waals surface area contributed by atoms with E-state index in [1.165, 1.54) is 0 Å². The molecule has 7 heteroatoms. The molecule has 158 valence electrons. The number of aromatic nitrogens is 3. The Kier molecular flexibility index (Phi) is 5.72. The number of aliphatic imine (C=N–C) groups is 1. The number of aromatic amines is 1. The monoisotopic (exact) mass is 407 g/mol. The van der Waals surface area contributed by atoms with Gasteiger partial charge in [0.15, 0.2) is 5.88 Å². The summed E-state index contributed by atoms with van der Waals surface area (Å²) in [6.45, 7) is 8.66. The fraction of sp³-hybridized carbons (Fsp3) is 0.435. The van der Waals surface area contributed by atoms with E-state index in [-0.39, 0.29) is 5.88 Å². The third-order valence-electron chi connectivity index (χ3n) is 6.02. The van der Waals surface area contributed by atoms with Crippen LogP contribution < -0.4 is 0 Å². The molecule has 0 amide bonds. The number of nitrogens with one attached hydrogen (secondary N) is 1. The van der Waals surface area contributed by atoms with Crippen molar-refractivity contribution in [2.75, 3.05) is 13.1 Å². The lowest BCUT2D eigenvalue weighted by Crippen LogP contribution is -2.39. The van der Waals surface area contributed by atoms with E-state index in [1.807, 2.05) is 17.8 Å². The molecule has 2 N–H and O–H groups in total. The van der Waals surface area contributed by atoms with Crippen LogP contribution in [0.25, 0.3) is 10.9 Å². The fourth-order valence-electron chi connectivity index (χ4n) is 4.28. The molecule has 3 heterocycles. The third-order valence-corrected chi connectivity index (χ3v) is 6.02. The molecule has 1 fully saturated rings. The summed E-state index contributed by atoms with van der Waals surface area (Å²) in [6.07, 6.45) is 7.40. The van der Waals surface area contributed by atoms with Gasteiger partial charge in [0.2, 0.25) is 0 Å². The summed E-state index contributed by atoms with van der Waals surface area (Å²) < 4.78 is 2.03. The topological polar surface area (TPSA) is 86.5 Å². The summed E-state index contributed by atoms with van der Waals surface area (Å²) in [4.78, 5) is 21.5. The van der Waals surface area contributed by atoms with Crippen LogP contribution in [0, 0.1) is 0 Å². The second-order valence-corrected chi connectivity index (χ2v) is 8.22. The lowest BCUT2D eigenvalue weighted by atomic mass is 10.0. The fourth-order valence-corrected chi connectivity index (χ4v) is 4.28. The van der Waals surface area contributed by atoms with Crippen molar-refractivity contribution in [2.24, 2.45) is 4.99 Å². The highest BCUT2D eigenvalue weighted by Gasteiger charge is 2.23. The largest absolute Gasteiger partial charge is 0.494 e. The van der Waals surface area contributed by atoms with E-state index < -0.39 is 0 Å². The molecular weight excluding hydrogens is 378 g/mol. The molecule has 7 nitrogen and oxygen atoms in total. The molecule has 1 aliphatic rings. The highest BCUT2D eigenvalue weighted by molar-refractivity contribution is 6.14. The van der Waals surface area contributed by atoms with E-state index in [9.17, 15) is 9.90 Å². The van der Waals surface area contributed by atoms with Crippen LogP contribution in [-0.4, -0.2) is 55.9 Å². The second-order valence-electron chi connectivity index (χ2n) is 8.22. The lowest BCUT2D eigenvalue weighted by Gasteiger charge is -2.34. The standard InChI is InChI=1S/C23H29N5O2/c1-4-20(22-19-11-16(14-29)5-6-21(19)26-23(22)30)25-17-12-24-28(13-17)18-7-9-27(10-8-18)15(2)3/h5-6,11-15,18,26,30H,4,7-10H2,1-3H3. The number of hydrogen-bond donors (Lipinski definition) is 2. The Hall–Kier alpha value is -2.93. The number of piperidine rings is 1. The molecule has 0 saturated carbocycles. The third kappa shape index (κ3) is 3.89. The van der Waals surface area contributed by atoms with Gasteiger partial charge in [-0.3, -0.25) is 9.48 Å². The van der Waals surface area contributed by atoms with Gasteiger partial charge in [0.1, 0.15) is 12.0 Å². The smallest absolute Gasteiger partial charge is 0.198 e. The Morgan fingerprint density at radius 2 is 2.13 bits per heavy atom. The van der Waals surface area contributed by atoms with Gasteiger partial charge in [0.05, 0.1) is 29.7 Å². The first-order valence-electron chi connectivity index (χ1n) is 10.7. The SMILES string of the molecule is CCC(=Nc1cnn(C2CCN(C(C)C)CC2)c1)c1c(O)[nH]c2ccc(C=O)cc12. The van der Waals surface area contributed by atoms with Crippen molar-refractivity contribution in [1.82, 2.24) is 19.7 Å². The van der Waals surface area contributed by atoms with Crippen LogP contribution in [0.1, 0.15) is 62.0 Å². The summed E-state index contributed by atoms with van der Waals surface area (Å²) in [7, 11) is 0. The molecule has 0 radical (unpaired) electrons. The number of likely N-dealkylation sites (tertiary alicyclic amines) is 1. The van der Waals surface area contributed by atoms with Crippen molar-refractivity contribution in [1.29, 1.82) is 0 Å². The van der Waals surface area contributed by atoms with E-state index in [0.29, 0.717) is 29.6 Å². The minimum atomic E-state index is 0.0714. The maximum Gasteiger partial charge on any atom is 0.198 e. The van der Waals surface area contributed by atoms with Crippen LogP contribution in [0.15, 0.2) is 35.6 Å². The van der Waals surface area contributed by atoms with Crippen LogP contribution in [0.2, 0.25) is 0 Å². The number of nitrogens with zero attached hydrogens (tertiary/aromatic N) is 4.